The maximum atomic E-state index is 13.6. The molecule has 11 heteroatoms. The van der Waals surface area contributed by atoms with Gasteiger partial charge in [0.15, 0.2) is 0 Å². The fourth-order valence-corrected chi connectivity index (χ4v) is 4.37. The Bertz CT molecular complexity index is 1240. The van der Waals surface area contributed by atoms with E-state index in [1.807, 2.05) is 19.9 Å². The smallest absolute Gasteiger partial charge is 0.550 e. The molecule has 0 aliphatic rings. The third-order valence-corrected chi connectivity index (χ3v) is 6.08. The first-order chi connectivity index (χ1) is 17.5. The van der Waals surface area contributed by atoms with E-state index in [-0.39, 0.29) is 67.1 Å². The number of imidazole rings is 1. The van der Waals surface area contributed by atoms with Crippen LogP contribution in [0.1, 0.15) is 60.8 Å². The van der Waals surface area contributed by atoms with Crippen LogP contribution in [0.4, 0.5) is 4.39 Å². The summed E-state index contributed by atoms with van der Waals surface area (Å²) in [6, 6.07) is 12.9. The van der Waals surface area contributed by atoms with Gasteiger partial charge in [-0.1, -0.05) is 37.6 Å². The Labute approximate surface area is 248 Å². The molecule has 0 aliphatic heterocycles. The Morgan fingerprint density at radius 3 is 2.42 bits per heavy atom. The Kier molecular flexibility index (Phi) is 12.4. The molecule has 0 saturated carbocycles. The van der Waals surface area contributed by atoms with Crippen molar-refractivity contribution in [3.8, 4) is 11.4 Å². The van der Waals surface area contributed by atoms with Crippen LogP contribution >= 0.6 is 11.6 Å². The Morgan fingerprint density at radius 1 is 1.13 bits per heavy atom. The molecule has 3 aromatic rings. The number of aromatic nitrogens is 2. The van der Waals surface area contributed by atoms with Gasteiger partial charge in [0.05, 0.1) is 17.9 Å². The molecule has 38 heavy (non-hydrogen) atoms. The SMILES string of the molecule is CC(C)c1c(C(=O)NCc2cccc(Cl)c2)nc(-c2ccc(F)cc2)n1CC[C@@H](O)C[C@@H](O)CC(=O)[O-].[Na+]. The Morgan fingerprint density at radius 2 is 1.82 bits per heavy atom. The van der Waals surface area contributed by atoms with Gasteiger partial charge in [0.1, 0.15) is 17.3 Å². The molecule has 2 aromatic carbocycles. The third-order valence-electron chi connectivity index (χ3n) is 5.85. The quantitative estimate of drug-likeness (QED) is 0.272. The summed E-state index contributed by atoms with van der Waals surface area (Å²) in [6.07, 6.45) is -2.79. The third kappa shape index (κ3) is 8.90. The molecule has 0 aliphatic carbocycles. The molecule has 2 atom stereocenters. The number of aliphatic hydroxyl groups is 2. The second kappa shape index (κ2) is 14.8. The number of nitrogens with one attached hydrogen (secondary N) is 1. The molecular formula is C27H30ClFN3NaO5. The molecule has 0 saturated heterocycles. The number of benzene rings is 2. The van der Waals surface area contributed by atoms with Crippen molar-refractivity contribution in [3.05, 3.63) is 76.3 Å². The van der Waals surface area contributed by atoms with Crippen LogP contribution in [-0.4, -0.2) is 43.8 Å². The number of rotatable bonds is 12. The van der Waals surface area contributed by atoms with Crippen molar-refractivity contribution in [1.29, 1.82) is 0 Å². The van der Waals surface area contributed by atoms with E-state index in [2.05, 4.69) is 10.3 Å². The molecular weight excluding hydrogens is 524 g/mol. The monoisotopic (exact) mass is 553 g/mol. The van der Waals surface area contributed by atoms with Gasteiger partial charge in [0.2, 0.25) is 0 Å². The van der Waals surface area contributed by atoms with E-state index in [0.29, 0.717) is 22.1 Å². The van der Waals surface area contributed by atoms with E-state index in [9.17, 15) is 29.3 Å². The van der Waals surface area contributed by atoms with Crippen LogP contribution in [-0.2, 0) is 17.9 Å². The molecule has 8 nitrogen and oxygen atoms in total. The minimum Gasteiger partial charge on any atom is -0.550 e. The predicted molar refractivity (Wildman–Crippen MR) is 135 cm³/mol. The zero-order chi connectivity index (χ0) is 27.1. The van der Waals surface area contributed by atoms with Gasteiger partial charge in [-0.3, -0.25) is 4.79 Å². The summed E-state index contributed by atoms with van der Waals surface area (Å²) in [5.41, 5.74) is 2.25. The van der Waals surface area contributed by atoms with Crippen LogP contribution in [0.3, 0.4) is 0 Å². The Hall–Kier alpha value is -2.27. The number of carbonyl (C=O) groups excluding carboxylic acids is 2. The first-order valence-corrected chi connectivity index (χ1v) is 12.4. The molecule has 1 aromatic heterocycles. The van der Waals surface area contributed by atoms with Crippen LogP contribution in [0.2, 0.25) is 5.02 Å². The van der Waals surface area contributed by atoms with Crippen LogP contribution in [0.25, 0.3) is 11.4 Å². The standard InChI is InChI=1S/C27H31ClFN3O5.Na/c1-16(2)25-24(27(37)30-15-17-4-3-5-19(28)12-17)31-26(18-6-8-20(29)9-7-18)32(25)11-10-21(33)13-22(34)14-23(35)36;/h3-9,12,16,21-22,33-34H,10-11,13-15H2,1-2H3,(H,30,37)(H,35,36);/q;+1/p-1/t21-,22-;/m1./s1. The maximum absolute atomic E-state index is 13.6. The topological polar surface area (TPSA) is 128 Å². The largest absolute Gasteiger partial charge is 1.00 e. The summed E-state index contributed by atoms with van der Waals surface area (Å²) in [6.45, 7) is 4.30. The van der Waals surface area contributed by atoms with Crippen molar-refractivity contribution in [2.45, 2.75) is 64.3 Å². The number of nitrogens with zero attached hydrogens (tertiary/aromatic N) is 2. The molecule has 3 rings (SSSR count). The van der Waals surface area contributed by atoms with E-state index < -0.39 is 36.3 Å². The first kappa shape index (κ1) is 31.9. The van der Waals surface area contributed by atoms with Gasteiger partial charge in [-0.2, -0.15) is 0 Å². The normalized spacial score (nSPS) is 12.6. The molecule has 1 amide bonds. The average molecular weight is 554 g/mol. The first-order valence-electron chi connectivity index (χ1n) is 12.0. The van der Waals surface area contributed by atoms with Crippen molar-refractivity contribution in [1.82, 2.24) is 14.9 Å². The minimum atomic E-state index is -1.40. The molecule has 0 bridgehead atoms. The van der Waals surface area contributed by atoms with Gasteiger partial charge in [-0.25, -0.2) is 9.37 Å². The molecule has 0 spiro atoms. The van der Waals surface area contributed by atoms with E-state index >= 15 is 0 Å². The number of halogens is 2. The maximum Gasteiger partial charge on any atom is 1.00 e. The van der Waals surface area contributed by atoms with E-state index in [0.717, 1.165) is 5.56 Å². The van der Waals surface area contributed by atoms with Crippen molar-refractivity contribution < 1.29 is 58.9 Å². The van der Waals surface area contributed by atoms with Crippen LogP contribution in [0, 0.1) is 5.82 Å². The summed E-state index contributed by atoms with van der Waals surface area (Å²) in [5.74, 6) is -1.91. The molecule has 1 heterocycles. The van der Waals surface area contributed by atoms with Gasteiger partial charge in [0, 0.05) is 36.1 Å². The fourth-order valence-electron chi connectivity index (χ4n) is 4.16. The number of aliphatic hydroxyl groups excluding tert-OH is 2. The Balaban J connectivity index is 0.00000507. The number of amides is 1. The second-order valence-corrected chi connectivity index (χ2v) is 9.64. The number of aliphatic carboxylic acids is 1. The number of carbonyl (C=O) groups is 2. The molecule has 0 fully saturated rings. The van der Waals surface area contributed by atoms with E-state index in [1.165, 1.54) is 12.1 Å². The van der Waals surface area contributed by atoms with Crippen LogP contribution in [0.5, 0.6) is 0 Å². The molecule has 0 unspecified atom stereocenters. The number of hydrogen-bond acceptors (Lipinski definition) is 6. The predicted octanol–water partition coefficient (Wildman–Crippen LogP) is 0.0420. The molecule has 0 radical (unpaired) electrons. The second-order valence-electron chi connectivity index (χ2n) is 9.20. The van der Waals surface area contributed by atoms with Crippen molar-refractivity contribution in [3.63, 3.8) is 0 Å². The summed E-state index contributed by atoms with van der Waals surface area (Å²) in [4.78, 5) is 28.6. The molecule has 3 N–H and O–H groups in total. The summed E-state index contributed by atoms with van der Waals surface area (Å²) >= 11 is 6.04. The number of carboxylic acid groups (broad SMARTS) is 1. The number of carboxylic acids is 1. The fraction of sp³-hybridized carbons (Fsp3) is 0.370. The van der Waals surface area contributed by atoms with Gasteiger partial charge in [-0.15, -0.1) is 0 Å². The van der Waals surface area contributed by atoms with Crippen molar-refractivity contribution in [2.24, 2.45) is 0 Å². The summed E-state index contributed by atoms with van der Waals surface area (Å²) in [5, 5.41) is 34.4. The number of hydrogen-bond donors (Lipinski definition) is 3. The van der Waals surface area contributed by atoms with Crippen LogP contribution < -0.4 is 40.0 Å². The van der Waals surface area contributed by atoms with E-state index in [4.69, 9.17) is 11.6 Å². The summed E-state index contributed by atoms with van der Waals surface area (Å²) < 4.78 is 15.4. The van der Waals surface area contributed by atoms with E-state index in [1.54, 1.807) is 34.9 Å². The molecule has 198 valence electrons. The zero-order valence-corrected chi connectivity index (χ0v) is 24.4. The van der Waals surface area contributed by atoms with Gasteiger partial charge in [-0.05, 0) is 60.7 Å². The van der Waals surface area contributed by atoms with Crippen LogP contribution in [0.15, 0.2) is 48.5 Å². The average Bonchev–Trinajstić information content (AvgIpc) is 3.21. The van der Waals surface area contributed by atoms with Crippen molar-refractivity contribution in [2.75, 3.05) is 0 Å². The minimum absolute atomic E-state index is 0. The zero-order valence-electron chi connectivity index (χ0n) is 21.7. The van der Waals surface area contributed by atoms with Gasteiger partial charge < -0.3 is 30.0 Å². The van der Waals surface area contributed by atoms with Crippen molar-refractivity contribution >= 4 is 23.5 Å². The van der Waals surface area contributed by atoms with Gasteiger partial charge in [0.25, 0.3) is 5.91 Å². The van der Waals surface area contributed by atoms with Gasteiger partial charge >= 0.3 is 29.6 Å². The summed E-state index contributed by atoms with van der Waals surface area (Å²) in [7, 11) is 0.